The number of nitrogens with one attached hydrogen (secondary N) is 1. The molecule has 108 valence electrons. The zero-order chi connectivity index (χ0) is 13.9. The van der Waals surface area contributed by atoms with Crippen molar-refractivity contribution < 1.29 is 0 Å². The molecule has 1 fully saturated rings. The molecule has 1 heterocycles. The van der Waals surface area contributed by atoms with Crippen LogP contribution in [0.3, 0.4) is 0 Å². The van der Waals surface area contributed by atoms with E-state index in [0.717, 1.165) is 12.5 Å². The van der Waals surface area contributed by atoms with Crippen molar-refractivity contribution in [2.24, 2.45) is 18.4 Å². The van der Waals surface area contributed by atoms with Gasteiger partial charge in [0.2, 0.25) is 0 Å². The number of nitrogens with zero attached hydrogens (tertiary/aromatic N) is 2. The molecule has 0 saturated heterocycles. The maximum absolute atomic E-state index is 4.58. The molecule has 3 nitrogen and oxygen atoms in total. The average molecular weight is 263 g/mol. The maximum atomic E-state index is 4.58. The number of aryl methyl sites for hydroxylation is 1. The molecule has 1 unspecified atom stereocenters. The lowest BCUT2D eigenvalue weighted by molar-refractivity contribution is 0.157. The zero-order valence-corrected chi connectivity index (χ0v) is 12.9. The predicted octanol–water partition coefficient (Wildman–Crippen LogP) is 3.68. The standard InChI is InChI=1S/C16H29N3/c1-5-10-17-14(15-18-11-12-19(15)4)13-6-8-16(2,3)9-7-13/h11-14,17H,5-10H2,1-4H3. The van der Waals surface area contributed by atoms with Crippen LogP contribution in [0.15, 0.2) is 12.4 Å². The molecule has 1 aliphatic carbocycles. The molecule has 0 aromatic carbocycles. The number of hydrogen-bond donors (Lipinski definition) is 1. The molecule has 19 heavy (non-hydrogen) atoms. The summed E-state index contributed by atoms with van der Waals surface area (Å²) in [5, 5.41) is 3.73. The van der Waals surface area contributed by atoms with Gasteiger partial charge in [-0.3, -0.25) is 0 Å². The van der Waals surface area contributed by atoms with Crippen molar-refractivity contribution in [1.82, 2.24) is 14.9 Å². The Kier molecular flexibility index (Phi) is 4.67. The van der Waals surface area contributed by atoms with Crippen molar-refractivity contribution in [3.8, 4) is 0 Å². The van der Waals surface area contributed by atoms with E-state index < -0.39 is 0 Å². The van der Waals surface area contributed by atoms with Crippen LogP contribution in [0.1, 0.15) is 64.7 Å². The van der Waals surface area contributed by atoms with E-state index in [-0.39, 0.29) is 0 Å². The average Bonchev–Trinajstić information content (AvgIpc) is 2.78. The number of aromatic nitrogens is 2. The van der Waals surface area contributed by atoms with Crippen LogP contribution in [0, 0.1) is 11.3 Å². The van der Waals surface area contributed by atoms with Crippen LogP contribution in [0.2, 0.25) is 0 Å². The first-order valence-corrected chi connectivity index (χ1v) is 7.74. The van der Waals surface area contributed by atoms with Crippen molar-refractivity contribution in [2.45, 2.75) is 58.9 Å². The molecule has 0 amide bonds. The van der Waals surface area contributed by atoms with Gasteiger partial charge in [-0.15, -0.1) is 0 Å². The lowest BCUT2D eigenvalue weighted by Gasteiger charge is -2.38. The summed E-state index contributed by atoms with van der Waals surface area (Å²) in [7, 11) is 2.11. The molecule has 1 saturated carbocycles. The van der Waals surface area contributed by atoms with E-state index in [0.29, 0.717) is 11.5 Å². The topological polar surface area (TPSA) is 29.9 Å². The van der Waals surface area contributed by atoms with Crippen LogP contribution in [-0.4, -0.2) is 16.1 Å². The van der Waals surface area contributed by atoms with Gasteiger partial charge in [0.05, 0.1) is 6.04 Å². The molecule has 1 aromatic rings. The summed E-state index contributed by atoms with van der Waals surface area (Å²) in [5.41, 5.74) is 0.535. The van der Waals surface area contributed by atoms with Crippen molar-refractivity contribution in [3.63, 3.8) is 0 Å². The summed E-state index contributed by atoms with van der Waals surface area (Å²) in [4.78, 5) is 4.58. The smallest absolute Gasteiger partial charge is 0.125 e. The van der Waals surface area contributed by atoms with Crippen molar-refractivity contribution in [2.75, 3.05) is 6.54 Å². The van der Waals surface area contributed by atoms with Crippen molar-refractivity contribution >= 4 is 0 Å². The summed E-state index contributed by atoms with van der Waals surface area (Å²) in [6.07, 6.45) is 10.5. The molecule has 0 aliphatic heterocycles. The van der Waals surface area contributed by atoms with E-state index in [4.69, 9.17) is 0 Å². The van der Waals surface area contributed by atoms with Gasteiger partial charge < -0.3 is 9.88 Å². The Balaban J connectivity index is 2.08. The third kappa shape index (κ3) is 3.59. The monoisotopic (exact) mass is 263 g/mol. The molecule has 1 aliphatic rings. The van der Waals surface area contributed by atoms with Gasteiger partial charge >= 0.3 is 0 Å². The van der Waals surface area contributed by atoms with Gasteiger partial charge in [0.1, 0.15) is 5.82 Å². The summed E-state index contributed by atoms with van der Waals surface area (Å²) in [6, 6.07) is 0.427. The highest BCUT2D eigenvalue weighted by Gasteiger charge is 2.33. The van der Waals surface area contributed by atoms with Gasteiger partial charge in [0, 0.05) is 19.4 Å². The van der Waals surface area contributed by atoms with E-state index in [1.807, 2.05) is 6.20 Å². The first kappa shape index (κ1) is 14.6. The normalized spacial score (nSPS) is 21.5. The van der Waals surface area contributed by atoms with E-state index in [9.17, 15) is 0 Å². The van der Waals surface area contributed by atoms with Gasteiger partial charge in [0.15, 0.2) is 0 Å². The third-order valence-electron chi connectivity index (χ3n) is 4.61. The fourth-order valence-electron chi connectivity index (χ4n) is 3.20. The second-order valence-corrected chi connectivity index (χ2v) is 6.83. The SMILES string of the molecule is CCCNC(c1nccn1C)C1CCC(C)(C)CC1. The molecule has 3 heteroatoms. The fraction of sp³-hybridized carbons (Fsp3) is 0.812. The van der Waals surface area contributed by atoms with Gasteiger partial charge in [-0.2, -0.15) is 0 Å². The van der Waals surface area contributed by atoms with Crippen molar-refractivity contribution in [1.29, 1.82) is 0 Å². The number of rotatable bonds is 5. The Morgan fingerprint density at radius 3 is 2.63 bits per heavy atom. The lowest BCUT2D eigenvalue weighted by Crippen LogP contribution is -2.34. The summed E-state index contributed by atoms with van der Waals surface area (Å²) < 4.78 is 2.17. The maximum Gasteiger partial charge on any atom is 0.125 e. The van der Waals surface area contributed by atoms with Crippen LogP contribution in [0.5, 0.6) is 0 Å². The van der Waals surface area contributed by atoms with Crippen LogP contribution >= 0.6 is 0 Å². The largest absolute Gasteiger partial charge is 0.337 e. The predicted molar refractivity (Wildman–Crippen MR) is 80.0 cm³/mol. The summed E-state index contributed by atoms with van der Waals surface area (Å²) in [6.45, 7) is 8.11. The minimum absolute atomic E-state index is 0.427. The quantitative estimate of drug-likeness (QED) is 0.878. The minimum Gasteiger partial charge on any atom is -0.337 e. The van der Waals surface area contributed by atoms with Crippen LogP contribution in [0.4, 0.5) is 0 Å². The molecule has 1 aromatic heterocycles. The Morgan fingerprint density at radius 1 is 1.42 bits per heavy atom. The number of imidazole rings is 1. The summed E-state index contributed by atoms with van der Waals surface area (Å²) in [5.74, 6) is 1.94. The molecule has 0 radical (unpaired) electrons. The van der Waals surface area contributed by atoms with E-state index in [1.54, 1.807) is 0 Å². The Hall–Kier alpha value is -0.830. The minimum atomic E-state index is 0.427. The van der Waals surface area contributed by atoms with E-state index in [2.05, 4.69) is 48.9 Å². The first-order valence-electron chi connectivity index (χ1n) is 7.74. The Bertz CT molecular complexity index is 384. The molecule has 0 spiro atoms. The first-order chi connectivity index (χ1) is 9.03. The Labute approximate surface area is 117 Å². The van der Waals surface area contributed by atoms with Gasteiger partial charge in [-0.1, -0.05) is 20.8 Å². The second kappa shape index (κ2) is 6.08. The van der Waals surface area contributed by atoms with Gasteiger partial charge in [-0.05, 0) is 50.0 Å². The highest BCUT2D eigenvalue weighted by Crippen LogP contribution is 2.42. The van der Waals surface area contributed by atoms with Gasteiger partial charge in [-0.25, -0.2) is 4.98 Å². The van der Waals surface area contributed by atoms with E-state index >= 15 is 0 Å². The second-order valence-electron chi connectivity index (χ2n) is 6.83. The van der Waals surface area contributed by atoms with Crippen molar-refractivity contribution in [3.05, 3.63) is 18.2 Å². The highest BCUT2D eigenvalue weighted by molar-refractivity contribution is 5.02. The van der Waals surface area contributed by atoms with Crippen LogP contribution in [0.25, 0.3) is 0 Å². The lowest BCUT2D eigenvalue weighted by atomic mass is 9.71. The molecular weight excluding hydrogens is 234 g/mol. The third-order valence-corrected chi connectivity index (χ3v) is 4.61. The summed E-state index contributed by atoms with van der Waals surface area (Å²) >= 11 is 0. The zero-order valence-electron chi connectivity index (χ0n) is 12.9. The fourth-order valence-corrected chi connectivity index (χ4v) is 3.20. The molecule has 1 N–H and O–H groups in total. The molecular formula is C16H29N3. The van der Waals surface area contributed by atoms with E-state index in [1.165, 1.54) is 37.9 Å². The highest BCUT2D eigenvalue weighted by atomic mass is 15.1. The van der Waals surface area contributed by atoms with Crippen LogP contribution < -0.4 is 5.32 Å². The number of hydrogen-bond acceptors (Lipinski definition) is 2. The van der Waals surface area contributed by atoms with Gasteiger partial charge in [0.25, 0.3) is 0 Å². The molecule has 0 bridgehead atoms. The molecule has 1 atom stereocenters. The van der Waals surface area contributed by atoms with Crippen LogP contribution in [-0.2, 0) is 7.05 Å². The molecule has 2 rings (SSSR count). The Morgan fingerprint density at radius 2 is 2.11 bits per heavy atom.